The molecular formula is C15H15N5OS2. The number of benzene rings is 1. The van der Waals surface area contributed by atoms with Gasteiger partial charge in [0.1, 0.15) is 0 Å². The molecule has 23 heavy (non-hydrogen) atoms. The first-order chi connectivity index (χ1) is 11.3. The molecule has 2 heterocycles. The van der Waals surface area contributed by atoms with Crippen LogP contribution in [-0.2, 0) is 12.2 Å². The number of hydrogen-bond donors (Lipinski definition) is 1. The van der Waals surface area contributed by atoms with Gasteiger partial charge in [0.05, 0.1) is 5.75 Å². The molecule has 0 atom stereocenters. The van der Waals surface area contributed by atoms with Crippen molar-refractivity contribution in [2.45, 2.75) is 16.5 Å². The summed E-state index contributed by atoms with van der Waals surface area (Å²) in [4.78, 5) is 4.41. The molecule has 0 spiro atoms. The predicted octanol–water partition coefficient (Wildman–Crippen LogP) is 3.40. The Morgan fingerprint density at radius 1 is 1.26 bits per heavy atom. The normalized spacial score (nSPS) is 10.6. The van der Waals surface area contributed by atoms with Crippen LogP contribution >= 0.6 is 23.1 Å². The highest BCUT2D eigenvalue weighted by molar-refractivity contribution is 8.00. The zero-order valence-electron chi connectivity index (χ0n) is 12.3. The van der Waals surface area contributed by atoms with Gasteiger partial charge in [-0.25, -0.2) is 0 Å². The van der Waals surface area contributed by atoms with Gasteiger partial charge in [-0.05, 0) is 5.56 Å². The molecule has 0 unspecified atom stereocenters. The second kappa shape index (κ2) is 7.89. The van der Waals surface area contributed by atoms with Crippen molar-refractivity contribution in [2.24, 2.45) is 0 Å². The van der Waals surface area contributed by atoms with Crippen LogP contribution in [0.3, 0.4) is 0 Å². The first-order valence-corrected chi connectivity index (χ1v) is 8.80. The Balaban J connectivity index is 1.53. The average molecular weight is 345 g/mol. The lowest BCUT2D eigenvalue weighted by molar-refractivity contribution is 0.386. The van der Waals surface area contributed by atoms with E-state index in [1.807, 2.05) is 30.3 Å². The second-order valence-corrected chi connectivity index (χ2v) is 6.80. The summed E-state index contributed by atoms with van der Waals surface area (Å²) in [6.07, 6.45) is 2.45. The predicted molar refractivity (Wildman–Crippen MR) is 91.7 cm³/mol. The summed E-state index contributed by atoms with van der Waals surface area (Å²) >= 11 is 3.02. The summed E-state index contributed by atoms with van der Waals surface area (Å²) in [5.74, 6) is 1.87. The fourth-order valence-corrected chi connectivity index (χ4v) is 3.42. The van der Waals surface area contributed by atoms with Crippen LogP contribution in [-0.4, -0.2) is 26.9 Å². The standard InChI is InChI=1S/C15H15N5OS2/c1-2-8-16-14-18-19-15(23-14)22-10-13-17-12(20-21-13)9-11-6-4-3-5-7-11/h2-7H,1,8-10H2,(H,16,18). The van der Waals surface area contributed by atoms with Crippen LogP contribution in [0.15, 0.2) is 51.8 Å². The Kier molecular flexibility index (Phi) is 5.38. The van der Waals surface area contributed by atoms with Crippen molar-refractivity contribution in [3.63, 3.8) is 0 Å². The van der Waals surface area contributed by atoms with Gasteiger partial charge in [0.2, 0.25) is 11.0 Å². The van der Waals surface area contributed by atoms with Gasteiger partial charge in [-0.15, -0.1) is 16.8 Å². The molecule has 0 aliphatic carbocycles. The maximum Gasteiger partial charge on any atom is 0.237 e. The van der Waals surface area contributed by atoms with Gasteiger partial charge in [0.25, 0.3) is 0 Å². The Morgan fingerprint density at radius 3 is 2.96 bits per heavy atom. The Morgan fingerprint density at radius 2 is 2.13 bits per heavy atom. The summed E-state index contributed by atoms with van der Waals surface area (Å²) in [5.41, 5.74) is 1.16. The summed E-state index contributed by atoms with van der Waals surface area (Å²) < 4.78 is 6.14. The van der Waals surface area contributed by atoms with Crippen LogP contribution in [0.2, 0.25) is 0 Å². The molecule has 118 valence electrons. The Hall–Kier alpha value is -2.19. The smallest absolute Gasteiger partial charge is 0.237 e. The molecule has 0 aliphatic heterocycles. The first-order valence-electron chi connectivity index (χ1n) is 7.00. The molecule has 0 saturated heterocycles. The summed E-state index contributed by atoms with van der Waals surface area (Å²) in [7, 11) is 0. The molecule has 3 rings (SSSR count). The number of rotatable bonds is 8. The third-order valence-corrected chi connectivity index (χ3v) is 4.84. The molecule has 2 aromatic heterocycles. The quantitative estimate of drug-likeness (QED) is 0.495. The number of thioether (sulfide) groups is 1. The fraction of sp³-hybridized carbons (Fsp3) is 0.200. The van der Waals surface area contributed by atoms with Crippen LogP contribution in [0.25, 0.3) is 0 Å². The van der Waals surface area contributed by atoms with Crippen molar-refractivity contribution in [2.75, 3.05) is 11.9 Å². The zero-order valence-corrected chi connectivity index (χ0v) is 13.9. The molecule has 3 aromatic rings. The van der Waals surface area contributed by atoms with Gasteiger partial charge in [-0.1, -0.05) is 64.7 Å². The number of nitrogens with zero attached hydrogens (tertiary/aromatic N) is 4. The molecule has 8 heteroatoms. The van der Waals surface area contributed by atoms with E-state index in [-0.39, 0.29) is 0 Å². The van der Waals surface area contributed by atoms with Crippen molar-refractivity contribution in [3.05, 3.63) is 60.3 Å². The monoisotopic (exact) mass is 345 g/mol. The first kappa shape index (κ1) is 15.7. The maximum atomic E-state index is 5.28. The zero-order chi connectivity index (χ0) is 15.9. The summed E-state index contributed by atoms with van der Waals surface area (Å²) in [6.45, 7) is 4.32. The minimum atomic E-state index is 0.581. The molecule has 1 N–H and O–H groups in total. The number of hydrogen-bond acceptors (Lipinski definition) is 8. The lowest BCUT2D eigenvalue weighted by Crippen LogP contribution is -1.96. The highest BCUT2D eigenvalue weighted by Gasteiger charge is 2.10. The van der Waals surface area contributed by atoms with Crippen molar-refractivity contribution >= 4 is 28.2 Å². The van der Waals surface area contributed by atoms with E-state index in [9.17, 15) is 0 Å². The van der Waals surface area contributed by atoms with E-state index >= 15 is 0 Å². The maximum absolute atomic E-state index is 5.28. The molecule has 0 aliphatic rings. The van der Waals surface area contributed by atoms with Crippen LogP contribution in [0, 0.1) is 0 Å². The fourth-order valence-electron chi connectivity index (χ4n) is 1.82. The van der Waals surface area contributed by atoms with E-state index in [0.29, 0.717) is 30.4 Å². The summed E-state index contributed by atoms with van der Waals surface area (Å²) in [5, 5.41) is 16.1. The minimum absolute atomic E-state index is 0.581. The molecule has 0 fully saturated rings. The van der Waals surface area contributed by atoms with Gasteiger partial charge in [0.15, 0.2) is 10.2 Å². The van der Waals surface area contributed by atoms with Crippen molar-refractivity contribution in [1.29, 1.82) is 0 Å². The van der Waals surface area contributed by atoms with Crippen molar-refractivity contribution < 1.29 is 4.52 Å². The van der Waals surface area contributed by atoms with Crippen molar-refractivity contribution in [1.82, 2.24) is 20.3 Å². The number of anilines is 1. The van der Waals surface area contributed by atoms with Crippen LogP contribution in [0.5, 0.6) is 0 Å². The molecule has 6 nitrogen and oxygen atoms in total. The molecule has 0 saturated carbocycles. The van der Waals surface area contributed by atoms with E-state index in [1.165, 1.54) is 23.1 Å². The van der Waals surface area contributed by atoms with Crippen molar-refractivity contribution in [3.8, 4) is 0 Å². The van der Waals surface area contributed by atoms with Gasteiger partial charge in [0, 0.05) is 13.0 Å². The lowest BCUT2D eigenvalue weighted by Gasteiger charge is -1.94. The third kappa shape index (κ3) is 4.64. The van der Waals surface area contributed by atoms with E-state index in [2.05, 4.69) is 32.2 Å². The van der Waals surface area contributed by atoms with Gasteiger partial charge < -0.3 is 9.84 Å². The number of nitrogens with one attached hydrogen (secondary N) is 1. The highest BCUT2D eigenvalue weighted by atomic mass is 32.2. The van der Waals surface area contributed by atoms with Crippen LogP contribution < -0.4 is 5.32 Å². The average Bonchev–Trinajstić information content (AvgIpc) is 3.21. The SMILES string of the molecule is C=CCNc1nnc(SCc2nc(Cc3ccccc3)no2)s1. The van der Waals surface area contributed by atoms with Gasteiger partial charge in [-0.3, -0.25) is 0 Å². The Labute approximate surface area is 142 Å². The molecule has 1 aromatic carbocycles. The van der Waals surface area contributed by atoms with E-state index < -0.39 is 0 Å². The molecule has 0 bridgehead atoms. The summed E-state index contributed by atoms with van der Waals surface area (Å²) in [6, 6.07) is 10.1. The molecule has 0 amide bonds. The van der Waals surface area contributed by atoms with E-state index in [4.69, 9.17) is 4.52 Å². The molecule has 0 radical (unpaired) electrons. The van der Waals surface area contributed by atoms with E-state index in [1.54, 1.807) is 6.08 Å². The number of aromatic nitrogens is 4. The lowest BCUT2D eigenvalue weighted by atomic mass is 10.1. The topological polar surface area (TPSA) is 76.7 Å². The molecular weight excluding hydrogens is 330 g/mol. The minimum Gasteiger partial charge on any atom is -0.357 e. The second-order valence-electron chi connectivity index (χ2n) is 4.60. The van der Waals surface area contributed by atoms with Gasteiger partial charge in [-0.2, -0.15) is 4.98 Å². The van der Waals surface area contributed by atoms with Gasteiger partial charge >= 0.3 is 0 Å². The van der Waals surface area contributed by atoms with Crippen LogP contribution in [0.1, 0.15) is 17.3 Å². The van der Waals surface area contributed by atoms with E-state index in [0.717, 1.165) is 15.0 Å². The van der Waals surface area contributed by atoms with Crippen LogP contribution in [0.4, 0.5) is 5.13 Å². The highest BCUT2D eigenvalue weighted by Crippen LogP contribution is 2.27. The largest absolute Gasteiger partial charge is 0.357 e. The Bertz CT molecular complexity index is 756. The third-order valence-electron chi connectivity index (χ3n) is 2.84.